The molecule has 0 aliphatic carbocycles. The molecule has 1 N–H and O–H groups in total. The first-order valence-electron chi connectivity index (χ1n) is 8.24. The van der Waals surface area contributed by atoms with Crippen LogP contribution < -0.4 is 5.32 Å². The second kappa shape index (κ2) is 7.06. The van der Waals surface area contributed by atoms with E-state index in [1.54, 1.807) is 24.3 Å². The van der Waals surface area contributed by atoms with Gasteiger partial charge in [-0.05, 0) is 48.9 Å². The van der Waals surface area contributed by atoms with E-state index in [2.05, 4.69) is 10.3 Å². The molecule has 0 bridgehead atoms. The number of carbonyl (C=O) groups excluding carboxylic acids is 1. The van der Waals surface area contributed by atoms with E-state index in [4.69, 9.17) is 27.6 Å². The molecule has 4 rings (SSSR count). The highest BCUT2D eigenvalue weighted by Gasteiger charge is 2.13. The van der Waals surface area contributed by atoms with Gasteiger partial charge in [0, 0.05) is 22.9 Å². The third-order valence-electron chi connectivity index (χ3n) is 4.20. The van der Waals surface area contributed by atoms with Gasteiger partial charge < -0.3 is 9.73 Å². The third-order valence-corrected chi connectivity index (χ3v) is 4.94. The van der Waals surface area contributed by atoms with Crippen molar-refractivity contribution in [3.63, 3.8) is 0 Å². The minimum Gasteiger partial charge on any atom is -0.436 e. The molecule has 0 fully saturated rings. The number of hydrogen-bond acceptors (Lipinski definition) is 3. The fourth-order valence-corrected chi connectivity index (χ4v) is 3.07. The number of anilines is 1. The van der Waals surface area contributed by atoms with Crippen LogP contribution in [0.25, 0.3) is 22.6 Å². The number of carbonyl (C=O) groups is 1. The molecule has 1 amide bonds. The zero-order chi connectivity index (χ0) is 19.0. The summed E-state index contributed by atoms with van der Waals surface area (Å²) in [5.74, 6) is 0.266. The zero-order valence-corrected chi connectivity index (χ0v) is 15.8. The van der Waals surface area contributed by atoms with Crippen LogP contribution >= 0.6 is 23.2 Å². The van der Waals surface area contributed by atoms with Crippen molar-refractivity contribution in [2.75, 3.05) is 5.32 Å². The van der Waals surface area contributed by atoms with Crippen molar-refractivity contribution < 1.29 is 9.21 Å². The standard InChI is InChI=1S/C21H14Cl2N2O2/c1-12-4-2-3-5-15(12)21-25-18-9-7-14(11-19(18)27-21)24-20(26)13-6-8-16(22)17(23)10-13/h2-11H,1H3,(H,24,26). The molecule has 1 aromatic heterocycles. The normalized spacial score (nSPS) is 10.9. The minimum atomic E-state index is -0.286. The number of fused-ring (bicyclic) bond motifs is 1. The molecular weight excluding hydrogens is 383 g/mol. The number of benzene rings is 3. The van der Waals surface area contributed by atoms with Gasteiger partial charge in [-0.25, -0.2) is 4.98 Å². The summed E-state index contributed by atoms with van der Waals surface area (Å²) in [4.78, 5) is 17.0. The Morgan fingerprint density at radius 2 is 1.81 bits per heavy atom. The molecule has 0 saturated carbocycles. The van der Waals surface area contributed by atoms with Crippen molar-refractivity contribution in [1.29, 1.82) is 0 Å². The highest BCUT2D eigenvalue weighted by atomic mass is 35.5. The van der Waals surface area contributed by atoms with Crippen LogP contribution in [0.4, 0.5) is 5.69 Å². The average Bonchev–Trinajstić information content (AvgIpc) is 3.07. The lowest BCUT2D eigenvalue weighted by Gasteiger charge is -2.06. The lowest BCUT2D eigenvalue weighted by atomic mass is 10.1. The van der Waals surface area contributed by atoms with Gasteiger partial charge in [0.1, 0.15) is 5.52 Å². The molecule has 0 radical (unpaired) electrons. The van der Waals surface area contributed by atoms with Crippen LogP contribution in [0.1, 0.15) is 15.9 Å². The van der Waals surface area contributed by atoms with Crippen LogP contribution in [0, 0.1) is 6.92 Å². The van der Waals surface area contributed by atoms with Gasteiger partial charge in [0.2, 0.25) is 5.89 Å². The SMILES string of the molecule is Cc1ccccc1-c1nc2ccc(NC(=O)c3ccc(Cl)c(Cl)c3)cc2o1. The summed E-state index contributed by atoms with van der Waals surface area (Å²) in [5, 5.41) is 3.56. The molecule has 0 atom stereocenters. The smallest absolute Gasteiger partial charge is 0.255 e. The molecule has 0 aliphatic rings. The number of amides is 1. The first-order valence-corrected chi connectivity index (χ1v) is 9.00. The Bertz CT molecular complexity index is 1170. The number of nitrogens with zero attached hydrogens (tertiary/aromatic N) is 1. The Morgan fingerprint density at radius 1 is 1.00 bits per heavy atom. The monoisotopic (exact) mass is 396 g/mol. The largest absolute Gasteiger partial charge is 0.436 e. The van der Waals surface area contributed by atoms with Gasteiger partial charge >= 0.3 is 0 Å². The van der Waals surface area contributed by atoms with Crippen molar-refractivity contribution >= 4 is 45.9 Å². The predicted octanol–water partition coefficient (Wildman–Crippen LogP) is 6.36. The quantitative estimate of drug-likeness (QED) is 0.438. The highest BCUT2D eigenvalue weighted by Crippen LogP contribution is 2.28. The lowest BCUT2D eigenvalue weighted by Crippen LogP contribution is -2.11. The summed E-state index contributed by atoms with van der Waals surface area (Å²) in [6, 6.07) is 18.0. The summed E-state index contributed by atoms with van der Waals surface area (Å²) in [6.45, 7) is 2.01. The van der Waals surface area contributed by atoms with E-state index in [0.717, 1.165) is 16.6 Å². The molecule has 6 heteroatoms. The second-order valence-corrected chi connectivity index (χ2v) is 6.91. The summed E-state index contributed by atoms with van der Waals surface area (Å²) >= 11 is 11.9. The fraction of sp³-hybridized carbons (Fsp3) is 0.0476. The maximum atomic E-state index is 12.4. The van der Waals surface area contributed by atoms with Crippen LogP contribution in [0.15, 0.2) is 65.1 Å². The van der Waals surface area contributed by atoms with Crippen molar-refractivity contribution in [3.05, 3.63) is 81.8 Å². The fourth-order valence-electron chi connectivity index (χ4n) is 2.77. The number of hydrogen-bond donors (Lipinski definition) is 1. The van der Waals surface area contributed by atoms with Gasteiger partial charge in [-0.15, -0.1) is 0 Å². The van der Waals surface area contributed by atoms with E-state index in [1.807, 2.05) is 37.3 Å². The number of nitrogens with one attached hydrogen (secondary N) is 1. The summed E-state index contributed by atoms with van der Waals surface area (Å²) in [7, 11) is 0. The Morgan fingerprint density at radius 3 is 2.59 bits per heavy atom. The zero-order valence-electron chi connectivity index (χ0n) is 14.3. The Balaban J connectivity index is 1.62. The van der Waals surface area contributed by atoms with E-state index >= 15 is 0 Å². The molecule has 1 heterocycles. The van der Waals surface area contributed by atoms with E-state index < -0.39 is 0 Å². The molecule has 0 unspecified atom stereocenters. The molecule has 0 saturated heterocycles. The number of rotatable bonds is 3. The van der Waals surface area contributed by atoms with Gasteiger partial charge in [-0.1, -0.05) is 41.4 Å². The maximum absolute atomic E-state index is 12.4. The van der Waals surface area contributed by atoms with Crippen molar-refractivity contribution in [1.82, 2.24) is 4.98 Å². The maximum Gasteiger partial charge on any atom is 0.255 e. The van der Waals surface area contributed by atoms with E-state index in [-0.39, 0.29) is 5.91 Å². The van der Waals surface area contributed by atoms with Crippen LogP contribution in [-0.4, -0.2) is 10.9 Å². The molecule has 4 nitrogen and oxygen atoms in total. The van der Waals surface area contributed by atoms with Crippen molar-refractivity contribution in [2.45, 2.75) is 6.92 Å². The number of oxazole rings is 1. The van der Waals surface area contributed by atoms with E-state index in [9.17, 15) is 4.79 Å². The summed E-state index contributed by atoms with van der Waals surface area (Å²) < 4.78 is 5.90. The first kappa shape index (κ1) is 17.6. The molecule has 134 valence electrons. The van der Waals surface area contributed by atoms with E-state index in [1.165, 1.54) is 6.07 Å². The highest BCUT2D eigenvalue weighted by molar-refractivity contribution is 6.42. The van der Waals surface area contributed by atoms with Crippen molar-refractivity contribution in [3.8, 4) is 11.5 Å². The van der Waals surface area contributed by atoms with Crippen LogP contribution in [-0.2, 0) is 0 Å². The number of aryl methyl sites for hydroxylation is 1. The summed E-state index contributed by atoms with van der Waals surface area (Å²) in [5.41, 5.74) is 4.36. The molecule has 27 heavy (non-hydrogen) atoms. The Hall–Kier alpha value is -2.82. The minimum absolute atomic E-state index is 0.286. The average molecular weight is 397 g/mol. The van der Waals surface area contributed by atoms with Crippen molar-refractivity contribution in [2.24, 2.45) is 0 Å². The van der Waals surface area contributed by atoms with Crippen LogP contribution in [0.3, 0.4) is 0 Å². The topological polar surface area (TPSA) is 55.1 Å². The van der Waals surface area contributed by atoms with Gasteiger partial charge in [-0.2, -0.15) is 0 Å². The third kappa shape index (κ3) is 3.54. The Kier molecular flexibility index (Phi) is 4.60. The van der Waals surface area contributed by atoms with Crippen LogP contribution in [0.2, 0.25) is 10.0 Å². The molecular formula is C21H14Cl2N2O2. The lowest BCUT2D eigenvalue weighted by molar-refractivity contribution is 0.102. The molecule has 0 spiro atoms. The molecule has 0 aliphatic heterocycles. The van der Waals surface area contributed by atoms with Gasteiger partial charge in [0.25, 0.3) is 5.91 Å². The Labute approximate surface area is 165 Å². The van der Waals surface area contributed by atoms with Gasteiger partial charge in [-0.3, -0.25) is 4.79 Å². The van der Waals surface area contributed by atoms with E-state index in [0.29, 0.717) is 32.8 Å². The van der Waals surface area contributed by atoms with Gasteiger partial charge in [0.05, 0.1) is 10.0 Å². The van der Waals surface area contributed by atoms with Crippen LogP contribution in [0.5, 0.6) is 0 Å². The summed E-state index contributed by atoms with van der Waals surface area (Å²) in [6.07, 6.45) is 0. The van der Waals surface area contributed by atoms with Gasteiger partial charge in [0.15, 0.2) is 5.58 Å². The molecule has 3 aromatic carbocycles. The first-order chi connectivity index (χ1) is 13.0. The second-order valence-electron chi connectivity index (χ2n) is 6.10. The molecule has 4 aromatic rings. The number of halogens is 2. The number of aromatic nitrogens is 1. The predicted molar refractivity (Wildman–Crippen MR) is 109 cm³/mol.